The molecule has 0 spiro atoms. The standard InChI is InChI=1S/C18H18N4O2S/c1-23-14-9-8-13(11-15(14)24-2)17-21-22-16(19-20-18(22)25-17)10-12-6-4-3-5-7-12/h3-9,11,17,21H,10H2,1-2H3/t17-/m1/s1. The van der Waals surface area contributed by atoms with Crippen molar-refractivity contribution in [3.8, 4) is 11.5 Å². The Kier molecular flexibility index (Phi) is 4.23. The van der Waals surface area contributed by atoms with Gasteiger partial charge in [-0.25, -0.2) is 4.68 Å². The third-order valence-electron chi connectivity index (χ3n) is 4.09. The highest BCUT2D eigenvalue weighted by Gasteiger charge is 2.28. The predicted molar refractivity (Wildman–Crippen MR) is 96.8 cm³/mol. The Balaban J connectivity index is 1.56. The van der Waals surface area contributed by atoms with Gasteiger partial charge in [-0.05, 0) is 23.3 Å². The first-order valence-corrected chi connectivity index (χ1v) is 8.80. The molecule has 3 aromatic rings. The number of fused-ring (bicyclic) bond motifs is 1. The zero-order chi connectivity index (χ0) is 17.2. The van der Waals surface area contributed by atoms with Gasteiger partial charge in [-0.1, -0.05) is 48.2 Å². The first-order valence-electron chi connectivity index (χ1n) is 7.92. The number of benzene rings is 2. The highest BCUT2D eigenvalue weighted by Crippen LogP contribution is 2.41. The summed E-state index contributed by atoms with van der Waals surface area (Å²) in [5, 5.41) is 9.53. The summed E-state index contributed by atoms with van der Waals surface area (Å²) in [5.41, 5.74) is 5.77. The number of hydrogen-bond donors (Lipinski definition) is 1. The van der Waals surface area contributed by atoms with Gasteiger partial charge in [-0.3, -0.25) is 0 Å². The molecule has 0 saturated heterocycles. The van der Waals surface area contributed by atoms with Crippen molar-refractivity contribution in [2.24, 2.45) is 0 Å². The molecule has 0 radical (unpaired) electrons. The summed E-state index contributed by atoms with van der Waals surface area (Å²) in [6, 6.07) is 16.2. The van der Waals surface area contributed by atoms with Crippen molar-refractivity contribution >= 4 is 11.8 Å². The van der Waals surface area contributed by atoms with Crippen molar-refractivity contribution in [1.82, 2.24) is 14.9 Å². The number of nitrogens with zero attached hydrogens (tertiary/aromatic N) is 3. The summed E-state index contributed by atoms with van der Waals surface area (Å²) in [6.45, 7) is 0. The van der Waals surface area contributed by atoms with E-state index in [1.807, 2.05) is 41.1 Å². The van der Waals surface area contributed by atoms with E-state index in [0.717, 1.165) is 34.5 Å². The number of nitrogens with one attached hydrogen (secondary N) is 1. The molecule has 1 N–H and O–H groups in total. The summed E-state index contributed by atoms with van der Waals surface area (Å²) in [5.74, 6) is 2.34. The first kappa shape index (κ1) is 15.8. The van der Waals surface area contributed by atoms with Gasteiger partial charge >= 0.3 is 0 Å². The van der Waals surface area contributed by atoms with Crippen molar-refractivity contribution in [3.63, 3.8) is 0 Å². The molecule has 4 rings (SSSR count). The molecule has 0 amide bonds. The number of rotatable bonds is 5. The zero-order valence-corrected chi connectivity index (χ0v) is 14.8. The second-order valence-electron chi connectivity index (χ2n) is 5.64. The Morgan fingerprint density at radius 3 is 2.60 bits per heavy atom. The molecule has 7 heteroatoms. The second-order valence-corrected chi connectivity index (χ2v) is 6.71. The Morgan fingerprint density at radius 2 is 1.84 bits per heavy atom. The van der Waals surface area contributed by atoms with Gasteiger partial charge in [0.05, 0.1) is 14.2 Å². The van der Waals surface area contributed by atoms with E-state index in [1.54, 1.807) is 26.0 Å². The molecular formula is C18H18N4O2S. The minimum atomic E-state index is 0.0554. The number of hydrogen-bond acceptors (Lipinski definition) is 6. The van der Waals surface area contributed by atoms with Crippen LogP contribution in [0.25, 0.3) is 0 Å². The molecule has 25 heavy (non-hydrogen) atoms. The Labute approximate surface area is 150 Å². The molecule has 0 unspecified atom stereocenters. The number of aromatic nitrogens is 3. The molecule has 0 saturated carbocycles. The summed E-state index contributed by atoms with van der Waals surface area (Å²) in [7, 11) is 3.28. The van der Waals surface area contributed by atoms with Crippen LogP contribution in [0.3, 0.4) is 0 Å². The van der Waals surface area contributed by atoms with E-state index in [9.17, 15) is 0 Å². The van der Waals surface area contributed by atoms with Crippen LogP contribution in [0.1, 0.15) is 22.3 Å². The van der Waals surface area contributed by atoms with Crippen LogP contribution >= 0.6 is 11.8 Å². The summed E-state index contributed by atoms with van der Waals surface area (Å²) in [4.78, 5) is 0. The van der Waals surface area contributed by atoms with E-state index in [1.165, 1.54) is 5.56 Å². The molecule has 1 atom stereocenters. The van der Waals surface area contributed by atoms with Crippen LogP contribution in [0, 0.1) is 0 Å². The third-order valence-corrected chi connectivity index (χ3v) is 5.17. The van der Waals surface area contributed by atoms with Gasteiger partial charge in [0.25, 0.3) is 0 Å². The number of thioether (sulfide) groups is 1. The number of ether oxygens (including phenoxy) is 2. The smallest absolute Gasteiger partial charge is 0.212 e. The second kappa shape index (κ2) is 6.68. The SMILES string of the molecule is COc1ccc([C@@H]2Nn3c(Cc4ccccc4)nnc3S2)cc1OC. The average Bonchev–Trinajstić information content (AvgIpc) is 3.24. The molecule has 0 bridgehead atoms. The van der Waals surface area contributed by atoms with Crippen LogP contribution in [0.5, 0.6) is 11.5 Å². The lowest BCUT2D eigenvalue weighted by Gasteiger charge is -2.15. The fourth-order valence-corrected chi connectivity index (χ4v) is 3.81. The Hall–Kier alpha value is -2.67. The highest BCUT2D eigenvalue weighted by atomic mass is 32.2. The molecular weight excluding hydrogens is 336 g/mol. The van der Waals surface area contributed by atoms with E-state index in [4.69, 9.17) is 9.47 Å². The Morgan fingerprint density at radius 1 is 1.04 bits per heavy atom. The number of methoxy groups -OCH3 is 2. The van der Waals surface area contributed by atoms with Crippen LogP contribution in [-0.2, 0) is 6.42 Å². The van der Waals surface area contributed by atoms with Gasteiger partial charge in [0.15, 0.2) is 17.3 Å². The van der Waals surface area contributed by atoms with Gasteiger partial charge in [0.2, 0.25) is 5.16 Å². The maximum atomic E-state index is 5.40. The maximum absolute atomic E-state index is 5.40. The lowest BCUT2D eigenvalue weighted by atomic mass is 10.1. The van der Waals surface area contributed by atoms with Crippen molar-refractivity contribution in [2.45, 2.75) is 17.0 Å². The highest BCUT2D eigenvalue weighted by molar-refractivity contribution is 7.99. The van der Waals surface area contributed by atoms with Gasteiger partial charge in [-0.2, -0.15) is 0 Å². The molecule has 6 nitrogen and oxygen atoms in total. The third kappa shape index (κ3) is 3.02. The summed E-state index contributed by atoms with van der Waals surface area (Å²) in [6.07, 6.45) is 0.736. The van der Waals surface area contributed by atoms with Crippen molar-refractivity contribution in [1.29, 1.82) is 0 Å². The van der Waals surface area contributed by atoms with Crippen LogP contribution in [0.15, 0.2) is 53.7 Å². The molecule has 128 valence electrons. The molecule has 1 aliphatic rings. The minimum absolute atomic E-state index is 0.0554. The van der Waals surface area contributed by atoms with E-state index in [2.05, 4.69) is 27.8 Å². The lowest BCUT2D eigenvalue weighted by Crippen LogP contribution is -2.16. The van der Waals surface area contributed by atoms with Crippen LogP contribution < -0.4 is 14.9 Å². The average molecular weight is 354 g/mol. The zero-order valence-electron chi connectivity index (χ0n) is 14.0. The predicted octanol–water partition coefficient (Wildman–Crippen LogP) is 3.23. The van der Waals surface area contributed by atoms with Crippen molar-refractivity contribution in [2.75, 3.05) is 19.6 Å². The molecule has 2 aromatic carbocycles. The summed E-state index contributed by atoms with van der Waals surface area (Å²) < 4.78 is 12.7. The quantitative estimate of drug-likeness (QED) is 0.759. The minimum Gasteiger partial charge on any atom is -0.493 e. The molecule has 0 fully saturated rings. The van der Waals surface area contributed by atoms with Crippen LogP contribution in [0.2, 0.25) is 0 Å². The normalized spacial score (nSPS) is 15.5. The van der Waals surface area contributed by atoms with Gasteiger partial charge < -0.3 is 14.9 Å². The monoisotopic (exact) mass is 354 g/mol. The van der Waals surface area contributed by atoms with Crippen molar-refractivity contribution in [3.05, 3.63) is 65.5 Å². The fourth-order valence-electron chi connectivity index (χ4n) is 2.81. The fraction of sp³-hybridized carbons (Fsp3) is 0.222. The molecule has 0 aliphatic carbocycles. The first-order chi connectivity index (χ1) is 12.3. The van der Waals surface area contributed by atoms with Crippen LogP contribution in [-0.4, -0.2) is 29.1 Å². The van der Waals surface area contributed by atoms with E-state index in [0.29, 0.717) is 0 Å². The molecule has 1 aliphatic heterocycles. The van der Waals surface area contributed by atoms with E-state index >= 15 is 0 Å². The maximum Gasteiger partial charge on any atom is 0.212 e. The van der Waals surface area contributed by atoms with Gasteiger partial charge in [0.1, 0.15) is 5.37 Å². The molecule has 2 heterocycles. The van der Waals surface area contributed by atoms with Crippen LogP contribution in [0.4, 0.5) is 0 Å². The van der Waals surface area contributed by atoms with E-state index < -0.39 is 0 Å². The summed E-state index contributed by atoms with van der Waals surface area (Å²) >= 11 is 1.64. The molecule has 1 aromatic heterocycles. The largest absolute Gasteiger partial charge is 0.493 e. The topological polar surface area (TPSA) is 61.2 Å². The lowest BCUT2D eigenvalue weighted by molar-refractivity contribution is 0.354. The van der Waals surface area contributed by atoms with Gasteiger partial charge in [-0.15, -0.1) is 10.2 Å². The van der Waals surface area contributed by atoms with Crippen molar-refractivity contribution < 1.29 is 9.47 Å². The Bertz CT molecular complexity index is 882. The van der Waals surface area contributed by atoms with Gasteiger partial charge in [0, 0.05) is 6.42 Å². The van der Waals surface area contributed by atoms with E-state index in [-0.39, 0.29) is 5.37 Å².